The van der Waals surface area contributed by atoms with Gasteiger partial charge < -0.3 is 14.9 Å². The lowest BCUT2D eigenvalue weighted by Crippen LogP contribution is -2.50. The number of carbonyl (C=O) groups excluding carboxylic acids is 1. The number of benzene rings is 1. The molecule has 1 fully saturated rings. The van der Waals surface area contributed by atoms with Crippen LogP contribution in [0.4, 0.5) is 10.2 Å². The van der Waals surface area contributed by atoms with E-state index in [4.69, 9.17) is 11.6 Å². The summed E-state index contributed by atoms with van der Waals surface area (Å²) in [7, 11) is 0. The third kappa shape index (κ3) is 9.04. The number of anilines is 1. The van der Waals surface area contributed by atoms with E-state index < -0.39 is 11.9 Å². The molecule has 36 heavy (non-hydrogen) atoms. The van der Waals surface area contributed by atoms with Crippen molar-refractivity contribution < 1.29 is 14.3 Å². The van der Waals surface area contributed by atoms with Gasteiger partial charge in [0.2, 0.25) is 5.91 Å². The minimum Gasteiger partial charge on any atom is -0.388 e. The predicted octanol–water partition coefficient (Wildman–Crippen LogP) is 6.84. The minimum atomic E-state index is -0.794. The maximum absolute atomic E-state index is 13.8. The van der Waals surface area contributed by atoms with Gasteiger partial charge in [-0.1, -0.05) is 78.6 Å². The Balaban J connectivity index is 0.00000120. The fourth-order valence-corrected chi connectivity index (χ4v) is 4.29. The predicted molar refractivity (Wildman–Crippen MR) is 149 cm³/mol. The molecule has 0 bridgehead atoms. The molecule has 1 aliphatic rings. The van der Waals surface area contributed by atoms with Crippen molar-refractivity contribution in [3.05, 3.63) is 58.0 Å². The SMILES string of the molecule is CC.CCC.Cc1ccc(CC(C)C(=O)N2CCN(c3ncc(F)cc3C(O)C(C)C)CC2)c(Cl)c1. The molecule has 2 unspecified atom stereocenters. The summed E-state index contributed by atoms with van der Waals surface area (Å²) in [5, 5.41) is 11.2. The van der Waals surface area contributed by atoms with Crippen LogP contribution < -0.4 is 4.90 Å². The zero-order valence-electron chi connectivity index (χ0n) is 23.3. The standard InChI is InChI=1S/C24H31ClFN3O2.C3H8.C2H6/c1-15(2)22(30)20-13-19(26)14-27-23(20)28-7-9-29(10-8-28)24(31)17(4)12-18-6-5-16(3)11-21(18)25;1-3-2;1-2/h5-6,11,13-15,17,22,30H,7-10,12H2,1-4H3;3H2,1-2H3;1-2H3. The first kappa shape index (κ1) is 31.8. The van der Waals surface area contributed by atoms with Crippen molar-refractivity contribution in [1.82, 2.24) is 9.88 Å². The smallest absolute Gasteiger partial charge is 0.225 e. The topological polar surface area (TPSA) is 56.7 Å². The molecule has 1 aromatic heterocycles. The molecule has 2 heterocycles. The molecule has 0 spiro atoms. The number of aliphatic hydroxyl groups excluding tert-OH is 1. The molecule has 0 aliphatic carbocycles. The van der Waals surface area contributed by atoms with Gasteiger partial charge in [0.25, 0.3) is 0 Å². The third-order valence-corrected chi connectivity index (χ3v) is 6.21. The number of carbonyl (C=O) groups is 1. The quantitative estimate of drug-likeness (QED) is 0.452. The summed E-state index contributed by atoms with van der Waals surface area (Å²) in [5.41, 5.74) is 2.58. The first-order chi connectivity index (χ1) is 17.1. The van der Waals surface area contributed by atoms with Crippen molar-refractivity contribution in [3.8, 4) is 0 Å². The molecule has 0 radical (unpaired) electrons. The summed E-state index contributed by atoms with van der Waals surface area (Å²) >= 11 is 6.34. The zero-order valence-corrected chi connectivity index (χ0v) is 24.1. The number of halogens is 2. The van der Waals surface area contributed by atoms with Crippen LogP contribution in [0.25, 0.3) is 0 Å². The average molecular weight is 522 g/mol. The van der Waals surface area contributed by atoms with Crippen LogP contribution in [-0.4, -0.2) is 47.1 Å². The molecule has 2 aromatic rings. The molecule has 3 rings (SSSR count). The van der Waals surface area contributed by atoms with Gasteiger partial charge >= 0.3 is 0 Å². The second kappa shape index (κ2) is 15.8. The maximum Gasteiger partial charge on any atom is 0.225 e. The molecule has 1 amide bonds. The molecule has 5 nitrogen and oxygen atoms in total. The number of rotatable bonds is 6. The van der Waals surface area contributed by atoms with Gasteiger partial charge in [-0.05, 0) is 42.5 Å². The molecule has 2 atom stereocenters. The Labute approximate surface area is 222 Å². The number of hydrogen-bond donors (Lipinski definition) is 1. The van der Waals surface area contributed by atoms with Gasteiger partial charge in [-0.3, -0.25) is 4.79 Å². The molecule has 1 N–H and O–H groups in total. The first-order valence-electron chi connectivity index (χ1n) is 13.2. The average Bonchev–Trinajstić information content (AvgIpc) is 2.86. The van der Waals surface area contributed by atoms with Crippen LogP contribution in [0.1, 0.15) is 77.7 Å². The summed E-state index contributed by atoms with van der Waals surface area (Å²) in [6.07, 6.45) is 2.23. The third-order valence-electron chi connectivity index (χ3n) is 5.86. The van der Waals surface area contributed by atoms with Gasteiger partial charge in [0.1, 0.15) is 11.6 Å². The van der Waals surface area contributed by atoms with Crippen LogP contribution in [0.15, 0.2) is 30.5 Å². The molecular formula is C29H45ClFN3O2. The van der Waals surface area contributed by atoms with Gasteiger partial charge in [-0.2, -0.15) is 0 Å². The summed E-state index contributed by atoms with van der Waals surface area (Å²) in [5.74, 6) is 0.00419. The van der Waals surface area contributed by atoms with E-state index in [2.05, 4.69) is 18.8 Å². The summed E-state index contributed by atoms with van der Waals surface area (Å²) in [6.45, 7) is 18.2. The van der Waals surface area contributed by atoms with E-state index in [1.807, 2.05) is 69.5 Å². The van der Waals surface area contributed by atoms with Crippen molar-refractivity contribution >= 4 is 23.3 Å². The monoisotopic (exact) mass is 521 g/mol. The van der Waals surface area contributed by atoms with Crippen LogP contribution in [0, 0.1) is 24.6 Å². The van der Waals surface area contributed by atoms with Gasteiger partial charge in [0.05, 0.1) is 12.3 Å². The van der Waals surface area contributed by atoms with E-state index in [1.165, 1.54) is 18.7 Å². The van der Waals surface area contributed by atoms with Crippen molar-refractivity contribution in [3.63, 3.8) is 0 Å². The molecule has 1 aliphatic heterocycles. The van der Waals surface area contributed by atoms with Gasteiger partial charge in [-0.15, -0.1) is 0 Å². The fraction of sp³-hybridized carbons (Fsp3) is 0.586. The van der Waals surface area contributed by atoms with E-state index >= 15 is 0 Å². The second-order valence-corrected chi connectivity index (χ2v) is 9.88. The number of amides is 1. The highest BCUT2D eigenvalue weighted by atomic mass is 35.5. The van der Waals surface area contributed by atoms with Crippen LogP contribution >= 0.6 is 11.6 Å². The molecule has 1 saturated heterocycles. The Hall–Kier alpha value is -2.18. The Morgan fingerprint density at radius 2 is 1.69 bits per heavy atom. The summed E-state index contributed by atoms with van der Waals surface area (Å²) in [4.78, 5) is 21.1. The number of aromatic nitrogens is 1. The lowest BCUT2D eigenvalue weighted by Gasteiger charge is -2.37. The van der Waals surface area contributed by atoms with Crippen LogP contribution in [-0.2, 0) is 11.2 Å². The number of hydrogen-bond acceptors (Lipinski definition) is 4. The number of aliphatic hydroxyl groups is 1. The van der Waals surface area contributed by atoms with Crippen molar-refractivity contribution in [1.29, 1.82) is 0 Å². The van der Waals surface area contributed by atoms with E-state index in [-0.39, 0.29) is 17.7 Å². The number of nitrogens with zero attached hydrogens (tertiary/aromatic N) is 3. The number of piperazine rings is 1. The largest absolute Gasteiger partial charge is 0.388 e. The Morgan fingerprint density at radius 1 is 1.11 bits per heavy atom. The lowest BCUT2D eigenvalue weighted by atomic mass is 9.98. The number of pyridine rings is 1. The Bertz CT molecular complexity index is 946. The van der Waals surface area contributed by atoms with Crippen LogP contribution in [0.2, 0.25) is 5.02 Å². The fourth-order valence-electron chi connectivity index (χ4n) is 3.97. The van der Waals surface area contributed by atoms with Gasteiger partial charge in [0, 0.05) is 42.7 Å². The lowest BCUT2D eigenvalue weighted by molar-refractivity contribution is -0.135. The van der Waals surface area contributed by atoms with Gasteiger partial charge in [0.15, 0.2) is 0 Å². The molecular weight excluding hydrogens is 477 g/mol. The number of aryl methyl sites for hydroxylation is 1. The Kier molecular flexibility index (Phi) is 14.0. The normalized spacial score (nSPS) is 14.9. The van der Waals surface area contributed by atoms with E-state index in [1.54, 1.807) is 0 Å². The van der Waals surface area contributed by atoms with E-state index in [0.717, 1.165) is 11.1 Å². The highest BCUT2D eigenvalue weighted by Crippen LogP contribution is 2.30. The Morgan fingerprint density at radius 3 is 2.22 bits per heavy atom. The molecule has 0 saturated carbocycles. The molecule has 202 valence electrons. The van der Waals surface area contributed by atoms with Crippen LogP contribution in [0.3, 0.4) is 0 Å². The second-order valence-electron chi connectivity index (χ2n) is 9.47. The maximum atomic E-state index is 13.8. The minimum absolute atomic E-state index is 0.0559. The highest BCUT2D eigenvalue weighted by Gasteiger charge is 2.28. The summed E-state index contributed by atoms with van der Waals surface area (Å²) in [6, 6.07) is 7.28. The van der Waals surface area contributed by atoms with Crippen molar-refractivity contribution in [2.24, 2.45) is 11.8 Å². The van der Waals surface area contributed by atoms with Crippen molar-refractivity contribution in [2.45, 2.75) is 74.3 Å². The van der Waals surface area contributed by atoms with E-state index in [0.29, 0.717) is 49.0 Å². The highest BCUT2D eigenvalue weighted by molar-refractivity contribution is 6.31. The van der Waals surface area contributed by atoms with E-state index in [9.17, 15) is 14.3 Å². The van der Waals surface area contributed by atoms with Gasteiger partial charge in [-0.25, -0.2) is 9.37 Å². The first-order valence-corrected chi connectivity index (χ1v) is 13.6. The van der Waals surface area contributed by atoms with Crippen molar-refractivity contribution in [2.75, 3.05) is 31.1 Å². The zero-order chi connectivity index (χ0) is 27.4. The molecule has 7 heteroatoms. The molecule has 1 aromatic carbocycles. The van der Waals surface area contributed by atoms with Crippen LogP contribution in [0.5, 0.6) is 0 Å². The summed E-state index contributed by atoms with van der Waals surface area (Å²) < 4.78 is 13.8.